The Morgan fingerprint density at radius 2 is 1.75 bits per heavy atom. The second kappa shape index (κ2) is 6.43. The minimum Gasteiger partial charge on any atom is -0.480 e. The predicted octanol–water partition coefficient (Wildman–Crippen LogP) is 1.33. The molecule has 0 aliphatic heterocycles. The smallest absolute Gasteiger partial charge is 0.329 e. The van der Waals surface area contributed by atoms with E-state index in [1.165, 1.54) is 0 Å². The van der Waals surface area contributed by atoms with Gasteiger partial charge in [0.2, 0.25) is 0 Å². The molecule has 0 heterocycles. The van der Waals surface area contributed by atoms with Crippen molar-refractivity contribution in [3.05, 3.63) is 0 Å². The molecule has 2 aliphatic carbocycles. The molecule has 6 nitrogen and oxygen atoms in total. The first kappa shape index (κ1) is 15.1. The number of carboxylic acid groups (broad SMARTS) is 1. The number of carboxylic acids is 1. The molecule has 2 saturated carbocycles. The Morgan fingerprint density at radius 1 is 1.15 bits per heavy atom. The Bertz CT molecular complexity index is 360. The van der Waals surface area contributed by atoms with Gasteiger partial charge in [0.1, 0.15) is 5.54 Å². The summed E-state index contributed by atoms with van der Waals surface area (Å²) in [7, 11) is 0. The Balaban J connectivity index is 2.06. The lowest BCUT2D eigenvalue weighted by atomic mass is 9.90. The summed E-state index contributed by atoms with van der Waals surface area (Å²) in [5.74, 6) is -0.938. The summed E-state index contributed by atoms with van der Waals surface area (Å²) in [6.07, 6.45) is 6.56. The van der Waals surface area contributed by atoms with Crippen LogP contribution in [0.3, 0.4) is 0 Å². The average Bonchev–Trinajstić information content (AvgIpc) is 3.23. The number of nitrogens with zero attached hydrogens (tertiary/aromatic N) is 1. The Labute approximate surface area is 119 Å². The van der Waals surface area contributed by atoms with Crippen molar-refractivity contribution < 1.29 is 19.8 Å². The fraction of sp³-hybridized carbons (Fsp3) is 0.857. The van der Waals surface area contributed by atoms with Crippen molar-refractivity contribution in [3.63, 3.8) is 0 Å². The number of rotatable bonds is 5. The van der Waals surface area contributed by atoms with Crippen LogP contribution in [-0.2, 0) is 4.79 Å². The number of carbonyl (C=O) groups excluding carboxylic acids is 1. The van der Waals surface area contributed by atoms with Crippen LogP contribution in [0.5, 0.6) is 0 Å². The molecule has 2 fully saturated rings. The van der Waals surface area contributed by atoms with E-state index in [-0.39, 0.29) is 25.2 Å². The zero-order valence-corrected chi connectivity index (χ0v) is 11.8. The van der Waals surface area contributed by atoms with Gasteiger partial charge in [-0.05, 0) is 25.7 Å². The first-order valence-electron chi connectivity index (χ1n) is 7.52. The van der Waals surface area contributed by atoms with Crippen molar-refractivity contribution in [2.24, 2.45) is 0 Å². The van der Waals surface area contributed by atoms with Gasteiger partial charge in [0.25, 0.3) is 0 Å². The number of aliphatic hydroxyl groups is 1. The van der Waals surface area contributed by atoms with E-state index in [4.69, 9.17) is 5.11 Å². The predicted molar refractivity (Wildman–Crippen MR) is 73.4 cm³/mol. The van der Waals surface area contributed by atoms with Gasteiger partial charge < -0.3 is 20.4 Å². The van der Waals surface area contributed by atoms with E-state index < -0.39 is 11.5 Å². The van der Waals surface area contributed by atoms with Crippen molar-refractivity contribution in [2.45, 2.75) is 62.9 Å². The molecule has 0 aromatic heterocycles. The molecule has 2 amide bonds. The maximum atomic E-state index is 12.3. The Hall–Kier alpha value is -1.30. The Morgan fingerprint density at radius 3 is 2.20 bits per heavy atom. The van der Waals surface area contributed by atoms with Crippen LogP contribution in [-0.4, -0.2) is 51.8 Å². The third-order valence-corrected chi connectivity index (χ3v) is 4.30. The normalized spacial score (nSPS) is 21.9. The van der Waals surface area contributed by atoms with Crippen LogP contribution in [0.25, 0.3) is 0 Å². The van der Waals surface area contributed by atoms with E-state index in [0.29, 0.717) is 12.8 Å². The van der Waals surface area contributed by atoms with Gasteiger partial charge in [-0.2, -0.15) is 0 Å². The number of hydrogen-bond donors (Lipinski definition) is 3. The van der Waals surface area contributed by atoms with Crippen molar-refractivity contribution in [1.82, 2.24) is 10.2 Å². The van der Waals surface area contributed by atoms with Crippen LogP contribution < -0.4 is 5.32 Å². The Kier molecular flexibility index (Phi) is 4.86. The highest BCUT2D eigenvalue weighted by Gasteiger charge is 2.42. The molecule has 0 unspecified atom stereocenters. The van der Waals surface area contributed by atoms with Gasteiger partial charge in [0.05, 0.1) is 6.61 Å². The van der Waals surface area contributed by atoms with Crippen molar-refractivity contribution in [3.8, 4) is 0 Å². The standard InChI is InChI=1S/C14H24N2O4/c17-10-9-16(11-5-6-11)13(20)15-14(12(18)19)7-3-1-2-4-8-14/h11,17H,1-10H2,(H,15,20)(H,18,19). The molecule has 2 rings (SSSR count). The topological polar surface area (TPSA) is 89.9 Å². The summed E-state index contributed by atoms with van der Waals surface area (Å²) in [4.78, 5) is 25.6. The minimum absolute atomic E-state index is 0.0933. The molecule has 3 N–H and O–H groups in total. The first-order valence-corrected chi connectivity index (χ1v) is 7.52. The molecule has 2 aliphatic rings. The number of aliphatic carboxylic acids is 1. The highest BCUT2D eigenvalue weighted by atomic mass is 16.4. The average molecular weight is 284 g/mol. The van der Waals surface area contributed by atoms with Gasteiger partial charge >= 0.3 is 12.0 Å². The van der Waals surface area contributed by atoms with Crippen LogP contribution in [0.15, 0.2) is 0 Å². The van der Waals surface area contributed by atoms with E-state index in [1.54, 1.807) is 4.90 Å². The lowest BCUT2D eigenvalue weighted by Gasteiger charge is -2.32. The van der Waals surface area contributed by atoms with Gasteiger partial charge in [0, 0.05) is 12.6 Å². The molecule has 0 spiro atoms. The quantitative estimate of drug-likeness (QED) is 0.664. The highest BCUT2D eigenvalue weighted by Crippen LogP contribution is 2.30. The first-order chi connectivity index (χ1) is 9.59. The van der Waals surface area contributed by atoms with Gasteiger partial charge in [-0.15, -0.1) is 0 Å². The summed E-state index contributed by atoms with van der Waals surface area (Å²) >= 11 is 0. The van der Waals surface area contributed by atoms with Crippen LogP contribution in [0.1, 0.15) is 51.4 Å². The summed E-state index contributed by atoms with van der Waals surface area (Å²) in [5.41, 5.74) is -1.13. The van der Waals surface area contributed by atoms with Gasteiger partial charge in [-0.25, -0.2) is 9.59 Å². The second-order valence-electron chi connectivity index (χ2n) is 5.88. The largest absolute Gasteiger partial charge is 0.480 e. The third-order valence-electron chi connectivity index (χ3n) is 4.30. The maximum Gasteiger partial charge on any atom is 0.329 e. The molecular formula is C14H24N2O4. The number of nitrogens with one attached hydrogen (secondary N) is 1. The fourth-order valence-electron chi connectivity index (χ4n) is 2.94. The highest BCUT2D eigenvalue weighted by molar-refractivity contribution is 5.86. The lowest BCUT2D eigenvalue weighted by Crippen LogP contribution is -2.58. The number of hydrogen-bond acceptors (Lipinski definition) is 3. The molecule has 0 atom stereocenters. The van der Waals surface area contributed by atoms with Gasteiger partial charge in [-0.1, -0.05) is 25.7 Å². The molecule has 20 heavy (non-hydrogen) atoms. The van der Waals surface area contributed by atoms with Gasteiger partial charge in [-0.3, -0.25) is 0 Å². The fourth-order valence-corrected chi connectivity index (χ4v) is 2.94. The summed E-state index contributed by atoms with van der Waals surface area (Å²) in [6.45, 7) is 0.177. The molecule has 0 aromatic carbocycles. The van der Waals surface area contributed by atoms with Crippen LogP contribution >= 0.6 is 0 Å². The maximum absolute atomic E-state index is 12.3. The molecule has 0 aromatic rings. The summed E-state index contributed by atoms with van der Waals surface area (Å²) in [5, 5.41) is 21.3. The third kappa shape index (κ3) is 3.42. The van der Waals surface area contributed by atoms with E-state index in [1.807, 2.05) is 0 Å². The van der Waals surface area contributed by atoms with Gasteiger partial charge in [0.15, 0.2) is 0 Å². The van der Waals surface area contributed by atoms with E-state index in [9.17, 15) is 14.7 Å². The zero-order chi connectivity index (χ0) is 14.6. The lowest BCUT2D eigenvalue weighted by molar-refractivity contribution is -0.145. The van der Waals surface area contributed by atoms with Crippen LogP contribution in [0, 0.1) is 0 Å². The van der Waals surface area contributed by atoms with Crippen molar-refractivity contribution in [2.75, 3.05) is 13.2 Å². The molecule has 0 radical (unpaired) electrons. The molecule has 0 bridgehead atoms. The van der Waals surface area contributed by atoms with E-state index >= 15 is 0 Å². The van der Waals surface area contributed by atoms with Crippen LogP contribution in [0.2, 0.25) is 0 Å². The van der Waals surface area contributed by atoms with E-state index in [0.717, 1.165) is 38.5 Å². The van der Waals surface area contributed by atoms with Crippen LogP contribution in [0.4, 0.5) is 4.79 Å². The molecule has 6 heteroatoms. The van der Waals surface area contributed by atoms with Crippen molar-refractivity contribution >= 4 is 12.0 Å². The van der Waals surface area contributed by atoms with E-state index in [2.05, 4.69) is 5.32 Å². The monoisotopic (exact) mass is 284 g/mol. The summed E-state index contributed by atoms with van der Waals surface area (Å²) < 4.78 is 0. The number of carbonyl (C=O) groups is 2. The molecule has 0 saturated heterocycles. The zero-order valence-electron chi connectivity index (χ0n) is 11.8. The summed E-state index contributed by atoms with van der Waals surface area (Å²) in [6, 6.07) is -0.176. The second-order valence-corrected chi connectivity index (χ2v) is 5.88. The minimum atomic E-state index is -1.13. The molecular weight excluding hydrogens is 260 g/mol. The number of amides is 2. The molecule has 114 valence electrons. The SMILES string of the molecule is O=C(NC1(C(=O)O)CCCCCC1)N(CCO)C1CC1. The number of aliphatic hydroxyl groups excluding tert-OH is 1. The number of urea groups is 1. The van der Waals surface area contributed by atoms with Crippen molar-refractivity contribution in [1.29, 1.82) is 0 Å².